The van der Waals surface area contributed by atoms with Crippen molar-refractivity contribution in [2.45, 2.75) is 77.0 Å². The quantitative estimate of drug-likeness (QED) is 0.0663. The second kappa shape index (κ2) is 23.1. The van der Waals surface area contributed by atoms with E-state index in [0.29, 0.717) is 77.2 Å². The summed E-state index contributed by atoms with van der Waals surface area (Å²) in [5.41, 5.74) is 7.52. The lowest BCUT2D eigenvalue weighted by Gasteiger charge is -2.34. The van der Waals surface area contributed by atoms with Crippen molar-refractivity contribution < 1.29 is 48.0 Å². The SMILES string of the molecule is COc1cc2c(cc1OCCCCCOc1cc3c(cc1OC)C(=O)N1C=C(c4ccc(N5CCN(C)CC5)cc4)C[C@H]1C=N3)N=C[C@@H]1CC(c3ccc(NC(=O)C(C)NC(=O)C(NC(=O)O)C(C)C)cc3)=CN1C2=O. The fourth-order valence-electron chi connectivity index (χ4n) is 9.89. The van der Waals surface area contributed by atoms with Crippen LogP contribution in [0.2, 0.25) is 0 Å². The zero-order valence-corrected chi connectivity index (χ0v) is 43.7. The summed E-state index contributed by atoms with van der Waals surface area (Å²) in [7, 11) is 5.25. The number of ether oxygens (including phenoxy) is 4. The largest absolute Gasteiger partial charge is 0.493 e. The molecule has 5 aliphatic rings. The third-order valence-electron chi connectivity index (χ3n) is 14.3. The number of carbonyl (C=O) groups excluding carboxylic acids is 4. The minimum atomic E-state index is -1.33. The van der Waals surface area contributed by atoms with Crippen LogP contribution in [0.15, 0.2) is 95.2 Å². The van der Waals surface area contributed by atoms with Crippen LogP contribution in [0.3, 0.4) is 0 Å². The average Bonchev–Trinajstić information content (AvgIpc) is 4.03. The van der Waals surface area contributed by atoms with E-state index in [9.17, 15) is 24.0 Å². The highest BCUT2D eigenvalue weighted by Crippen LogP contribution is 2.42. The van der Waals surface area contributed by atoms with Gasteiger partial charge in [0.15, 0.2) is 23.0 Å². The van der Waals surface area contributed by atoms with Gasteiger partial charge in [0, 0.05) is 87.4 Å². The van der Waals surface area contributed by atoms with Crippen LogP contribution in [0.25, 0.3) is 11.1 Å². The van der Waals surface area contributed by atoms with E-state index in [0.717, 1.165) is 67.7 Å². The molecule has 4 aromatic rings. The molecule has 5 aliphatic heterocycles. The van der Waals surface area contributed by atoms with Gasteiger partial charge >= 0.3 is 6.09 Å². The van der Waals surface area contributed by atoms with Gasteiger partial charge in [-0.2, -0.15) is 0 Å². The number of carbonyl (C=O) groups is 5. The minimum Gasteiger partial charge on any atom is -0.493 e. The fourth-order valence-corrected chi connectivity index (χ4v) is 9.89. The maximum atomic E-state index is 14.0. The molecule has 4 aromatic carbocycles. The maximum absolute atomic E-state index is 14.0. The predicted octanol–water partition coefficient (Wildman–Crippen LogP) is 7.76. The zero-order valence-electron chi connectivity index (χ0n) is 43.7. The van der Waals surface area contributed by atoms with Gasteiger partial charge in [0.25, 0.3) is 11.8 Å². The first kappa shape index (κ1) is 52.7. The number of carboxylic acid groups (broad SMARTS) is 1. The molecular weight excluding hydrogens is 971 g/mol. The second-order valence-corrected chi connectivity index (χ2v) is 19.9. The van der Waals surface area contributed by atoms with E-state index in [-0.39, 0.29) is 29.8 Å². The van der Waals surface area contributed by atoms with Crippen molar-refractivity contribution in [3.63, 3.8) is 0 Å². The number of nitrogens with one attached hydrogen (secondary N) is 3. The lowest BCUT2D eigenvalue weighted by Crippen LogP contribution is -2.53. The summed E-state index contributed by atoms with van der Waals surface area (Å²) in [6.45, 7) is 9.84. The summed E-state index contributed by atoms with van der Waals surface area (Å²) in [6, 6.07) is 20.2. The van der Waals surface area contributed by atoms with E-state index < -0.39 is 30.0 Å². The van der Waals surface area contributed by atoms with Crippen LogP contribution < -0.4 is 39.8 Å². The van der Waals surface area contributed by atoms with Gasteiger partial charge in [0.1, 0.15) is 12.1 Å². The molecule has 1 fully saturated rings. The molecule has 0 bridgehead atoms. The maximum Gasteiger partial charge on any atom is 0.405 e. The van der Waals surface area contributed by atoms with Gasteiger partial charge in [-0.05, 0) is 97.8 Å². The molecule has 76 heavy (non-hydrogen) atoms. The van der Waals surface area contributed by atoms with Gasteiger partial charge in [-0.25, -0.2) is 4.79 Å². The number of anilines is 2. The van der Waals surface area contributed by atoms with Crippen LogP contribution in [0, 0.1) is 5.92 Å². The van der Waals surface area contributed by atoms with Crippen molar-refractivity contribution in [2.75, 3.05) is 70.9 Å². The molecule has 5 amide bonds. The summed E-state index contributed by atoms with van der Waals surface area (Å²) in [5.74, 6) is 0.110. The molecule has 0 aliphatic carbocycles. The molecule has 0 radical (unpaired) electrons. The smallest absolute Gasteiger partial charge is 0.405 e. The normalized spacial score (nSPS) is 18.5. The van der Waals surface area contributed by atoms with Crippen LogP contribution in [-0.2, 0) is 9.59 Å². The molecule has 4 N–H and O–H groups in total. The lowest BCUT2D eigenvalue weighted by atomic mass is 10.0. The molecule has 0 saturated carbocycles. The van der Waals surface area contributed by atoms with E-state index in [1.807, 2.05) is 30.7 Å². The Labute approximate surface area is 442 Å². The molecule has 398 valence electrons. The van der Waals surface area contributed by atoms with E-state index in [1.54, 1.807) is 73.4 Å². The Hall–Kier alpha value is -8.19. The Kier molecular flexibility index (Phi) is 16.0. The summed E-state index contributed by atoms with van der Waals surface area (Å²) in [6.07, 6.45) is 9.50. The number of aliphatic imine (C=N–C) groups is 2. The van der Waals surface area contributed by atoms with Crippen molar-refractivity contribution in [1.29, 1.82) is 0 Å². The second-order valence-electron chi connectivity index (χ2n) is 19.9. The van der Waals surface area contributed by atoms with Crippen molar-refractivity contribution in [2.24, 2.45) is 15.9 Å². The number of unbranched alkanes of at least 4 members (excludes halogenated alkanes) is 2. The molecule has 5 heterocycles. The summed E-state index contributed by atoms with van der Waals surface area (Å²) in [4.78, 5) is 82.4. The Balaban J connectivity index is 0.742. The third-order valence-corrected chi connectivity index (χ3v) is 14.3. The molecule has 0 aromatic heterocycles. The standard InChI is InChI=1S/C57H65N9O10/c1-34(2)52(62-57(71)72)54(68)60-35(3)53(67)61-40-14-10-36(11-15-40)38-24-42-30-58-46-28-50(48(73-5)26-44(46)55(69)65(42)32-38)75-22-8-7-9-23-76-51-29-47-45(27-49(51)74-6)56(70)66-33-39(25-43(66)31-59-47)37-12-16-41(17-13-37)64-20-18-63(4)19-21-64/h10-17,26-35,42-43,52,62H,7-9,18-25H2,1-6H3,(H,60,68)(H,61,67)(H,71,72)/t35?,42-,43-,52?/m0/s1. The van der Waals surface area contributed by atoms with Crippen molar-refractivity contribution in [1.82, 2.24) is 25.3 Å². The fraction of sp³-hybridized carbons (Fsp3) is 0.386. The van der Waals surface area contributed by atoms with Crippen molar-refractivity contribution >= 4 is 76.0 Å². The van der Waals surface area contributed by atoms with Gasteiger partial charge < -0.3 is 59.6 Å². The zero-order chi connectivity index (χ0) is 53.6. The van der Waals surface area contributed by atoms with Crippen LogP contribution in [0.5, 0.6) is 23.0 Å². The number of nitrogens with zero attached hydrogens (tertiary/aromatic N) is 6. The first-order valence-electron chi connectivity index (χ1n) is 25.8. The van der Waals surface area contributed by atoms with Gasteiger partial charge in [-0.3, -0.25) is 29.2 Å². The first-order chi connectivity index (χ1) is 36.7. The van der Waals surface area contributed by atoms with Crippen molar-refractivity contribution in [3.8, 4) is 23.0 Å². The van der Waals surface area contributed by atoms with E-state index in [4.69, 9.17) is 34.0 Å². The Morgan fingerprint density at radius 1 is 0.658 bits per heavy atom. The molecule has 2 unspecified atom stereocenters. The van der Waals surface area contributed by atoms with Crippen LogP contribution >= 0.6 is 0 Å². The Morgan fingerprint density at radius 3 is 1.63 bits per heavy atom. The number of amides is 5. The molecule has 9 rings (SSSR count). The number of piperazine rings is 1. The Morgan fingerprint density at radius 2 is 1.16 bits per heavy atom. The summed E-state index contributed by atoms with van der Waals surface area (Å²) >= 11 is 0. The predicted molar refractivity (Wildman–Crippen MR) is 291 cm³/mol. The lowest BCUT2D eigenvalue weighted by molar-refractivity contribution is -0.128. The number of rotatable bonds is 19. The van der Waals surface area contributed by atoms with E-state index >= 15 is 0 Å². The van der Waals surface area contributed by atoms with E-state index in [2.05, 4.69) is 57.1 Å². The summed E-state index contributed by atoms with van der Waals surface area (Å²) < 4.78 is 23.8. The number of hydrogen-bond acceptors (Lipinski definition) is 13. The minimum absolute atomic E-state index is 0.135. The molecule has 19 heteroatoms. The van der Waals surface area contributed by atoms with Crippen LogP contribution in [-0.4, -0.2) is 147 Å². The molecular formula is C57H65N9O10. The highest BCUT2D eigenvalue weighted by Gasteiger charge is 2.36. The van der Waals surface area contributed by atoms with E-state index in [1.165, 1.54) is 19.7 Å². The third kappa shape index (κ3) is 11.7. The van der Waals surface area contributed by atoms with Gasteiger partial charge in [-0.15, -0.1) is 0 Å². The molecule has 19 nitrogen and oxygen atoms in total. The number of benzene rings is 4. The number of hydrogen-bond donors (Lipinski definition) is 4. The van der Waals surface area contributed by atoms with Crippen LogP contribution in [0.1, 0.15) is 84.7 Å². The first-order valence-corrected chi connectivity index (χ1v) is 25.8. The molecule has 0 spiro atoms. The molecule has 4 atom stereocenters. The number of methoxy groups -OCH3 is 2. The topological polar surface area (TPSA) is 216 Å². The van der Waals surface area contributed by atoms with Gasteiger partial charge in [0.05, 0.1) is 62.0 Å². The van der Waals surface area contributed by atoms with Gasteiger partial charge in [-0.1, -0.05) is 38.1 Å². The number of likely N-dealkylation sites (N-methyl/N-ethyl adjacent to an activating group) is 1. The van der Waals surface area contributed by atoms with Crippen LogP contribution in [0.4, 0.5) is 27.5 Å². The monoisotopic (exact) mass is 1040 g/mol. The molecule has 1 saturated heterocycles. The van der Waals surface area contributed by atoms with Gasteiger partial charge in [0.2, 0.25) is 11.8 Å². The summed E-state index contributed by atoms with van der Waals surface area (Å²) in [5, 5.41) is 16.6. The number of fused-ring (bicyclic) bond motifs is 4. The van der Waals surface area contributed by atoms with Crippen molar-refractivity contribution in [3.05, 3.63) is 107 Å². The highest BCUT2D eigenvalue weighted by molar-refractivity contribution is 6.07. The highest BCUT2D eigenvalue weighted by atomic mass is 16.5. The Bertz CT molecular complexity index is 2980. The average molecular weight is 1040 g/mol.